The van der Waals surface area contributed by atoms with E-state index in [1.807, 2.05) is 53.5 Å². The number of aromatic nitrogens is 2. The molecule has 2 aliphatic carbocycles. The van der Waals surface area contributed by atoms with E-state index in [4.69, 9.17) is 17.0 Å². The van der Waals surface area contributed by atoms with Crippen LogP contribution in [0.1, 0.15) is 24.5 Å². The van der Waals surface area contributed by atoms with Crippen molar-refractivity contribution in [3.8, 4) is 11.5 Å². The largest absolute Gasteiger partial charge is 0.497 e. The number of hydrogen-bond donors (Lipinski definition) is 0. The van der Waals surface area contributed by atoms with Gasteiger partial charge in [0.25, 0.3) is 10.1 Å². The van der Waals surface area contributed by atoms with Crippen LogP contribution in [-0.4, -0.2) is 50.9 Å². The Kier molecular flexibility index (Phi) is 7.89. The molecule has 2 unspecified atom stereocenters. The van der Waals surface area contributed by atoms with Gasteiger partial charge in [-0.3, -0.25) is 9.17 Å². The van der Waals surface area contributed by atoms with Crippen LogP contribution in [0.5, 0.6) is 11.5 Å². The SMILES string of the molecule is COc1cc(OI)cc(N(CCOS(C)(=O)=O)C2C=c3nc(C4C=CC=CC4)cnc3=CC2)c1. The highest BCUT2D eigenvalue weighted by Gasteiger charge is 2.21. The van der Waals surface area contributed by atoms with E-state index in [1.54, 1.807) is 13.2 Å². The lowest BCUT2D eigenvalue weighted by Gasteiger charge is -2.32. The van der Waals surface area contributed by atoms with Gasteiger partial charge in [-0.15, -0.1) is 0 Å². The highest BCUT2D eigenvalue weighted by Crippen LogP contribution is 2.31. The zero-order chi connectivity index (χ0) is 24.1. The summed E-state index contributed by atoms with van der Waals surface area (Å²) in [6.07, 6.45) is 17.0. The molecule has 0 aliphatic heterocycles. The standard InChI is InChI=1S/C24H26IN3O5S/c1-31-20-12-19(13-21(15-20)33-25)28(10-11-32-34(2,29)30)18-8-9-22-23(14-18)27-24(16-26-22)17-6-4-3-5-7-17/h3-6,9,12-18H,7-8,10-11H2,1-2H3. The molecule has 4 rings (SSSR count). The van der Waals surface area contributed by atoms with E-state index in [0.29, 0.717) is 24.5 Å². The monoisotopic (exact) mass is 595 g/mol. The molecule has 1 aromatic carbocycles. The van der Waals surface area contributed by atoms with Gasteiger partial charge in [0, 0.05) is 42.5 Å². The summed E-state index contributed by atoms with van der Waals surface area (Å²) < 4.78 is 39.0. The zero-order valence-corrected chi connectivity index (χ0v) is 21.9. The molecular formula is C24H26IN3O5S. The molecule has 8 nitrogen and oxygen atoms in total. The summed E-state index contributed by atoms with van der Waals surface area (Å²) in [6.45, 7) is 0.354. The lowest BCUT2D eigenvalue weighted by molar-refractivity contribution is 0.325. The molecule has 10 heteroatoms. The summed E-state index contributed by atoms with van der Waals surface area (Å²) >= 11 is 1.82. The van der Waals surface area contributed by atoms with Crippen LogP contribution in [0.25, 0.3) is 12.2 Å². The van der Waals surface area contributed by atoms with E-state index >= 15 is 0 Å². The van der Waals surface area contributed by atoms with Gasteiger partial charge >= 0.3 is 0 Å². The van der Waals surface area contributed by atoms with E-state index in [1.165, 1.54) is 0 Å². The van der Waals surface area contributed by atoms with Gasteiger partial charge < -0.3 is 12.7 Å². The molecule has 0 fully saturated rings. The first-order valence-electron chi connectivity index (χ1n) is 10.8. The van der Waals surface area contributed by atoms with E-state index in [2.05, 4.69) is 34.2 Å². The second-order valence-electron chi connectivity index (χ2n) is 8.06. The van der Waals surface area contributed by atoms with Crippen LogP contribution in [0.15, 0.2) is 48.7 Å². The van der Waals surface area contributed by atoms with Crippen molar-refractivity contribution in [2.45, 2.75) is 24.8 Å². The fourth-order valence-electron chi connectivity index (χ4n) is 4.04. The van der Waals surface area contributed by atoms with Crippen molar-refractivity contribution < 1.29 is 20.4 Å². The van der Waals surface area contributed by atoms with Gasteiger partial charge in [-0.1, -0.05) is 30.4 Å². The molecule has 34 heavy (non-hydrogen) atoms. The average Bonchev–Trinajstić information content (AvgIpc) is 2.85. The molecule has 0 spiro atoms. The van der Waals surface area contributed by atoms with Crippen molar-refractivity contribution in [3.63, 3.8) is 0 Å². The normalized spacial score (nSPS) is 19.0. The Balaban J connectivity index is 1.70. The summed E-state index contributed by atoms with van der Waals surface area (Å²) in [6, 6.07) is 5.48. The second kappa shape index (κ2) is 10.9. The van der Waals surface area contributed by atoms with Gasteiger partial charge in [-0.2, -0.15) is 8.42 Å². The number of ether oxygens (including phenoxy) is 1. The third-order valence-corrected chi connectivity index (χ3v) is 6.77. The molecule has 2 aliphatic rings. The number of halogens is 1. The van der Waals surface area contributed by atoms with Crippen LogP contribution in [0.2, 0.25) is 0 Å². The maximum absolute atomic E-state index is 11.6. The highest BCUT2D eigenvalue weighted by molar-refractivity contribution is 14.1. The Labute approximate surface area is 213 Å². The maximum atomic E-state index is 11.6. The molecule has 1 aromatic heterocycles. The fraction of sp³-hybridized carbons (Fsp3) is 0.333. The smallest absolute Gasteiger partial charge is 0.264 e. The highest BCUT2D eigenvalue weighted by atomic mass is 127. The molecule has 2 atom stereocenters. The first-order chi connectivity index (χ1) is 16.4. The average molecular weight is 595 g/mol. The molecule has 0 bridgehead atoms. The number of fused-ring (bicyclic) bond motifs is 1. The van der Waals surface area contributed by atoms with Crippen molar-refractivity contribution in [2.24, 2.45) is 0 Å². The number of benzene rings is 1. The number of methoxy groups -OCH3 is 1. The Bertz CT molecular complexity index is 1300. The predicted molar refractivity (Wildman–Crippen MR) is 140 cm³/mol. The molecule has 180 valence electrons. The number of allylic oxidation sites excluding steroid dienone is 4. The van der Waals surface area contributed by atoms with Crippen molar-refractivity contribution >= 4 is 51.0 Å². The number of nitrogens with zero attached hydrogens (tertiary/aromatic N) is 3. The van der Waals surface area contributed by atoms with Crippen molar-refractivity contribution in [1.29, 1.82) is 0 Å². The lowest BCUT2D eigenvalue weighted by Crippen LogP contribution is -2.44. The summed E-state index contributed by atoms with van der Waals surface area (Å²) in [4.78, 5) is 11.6. The van der Waals surface area contributed by atoms with Gasteiger partial charge in [0.05, 0.1) is 42.4 Å². The predicted octanol–water partition coefficient (Wildman–Crippen LogP) is 2.63. The van der Waals surface area contributed by atoms with Crippen LogP contribution >= 0.6 is 23.0 Å². The van der Waals surface area contributed by atoms with E-state index in [-0.39, 0.29) is 18.6 Å². The first kappa shape index (κ1) is 24.7. The van der Waals surface area contributed by atoms with Crippen molar-refractivity contribution in [3.05, 3.63) is 65.1 Å². The summed E-state index contributed by atoms with van der Waals surface area (Å²) in [7, 11) is -1.96. The Hall–Kier alpha value is -2.44. The fourth-order valence-corrected chi connectivity index (χ4v) is 4.68. The van der Waals surface area contributed by atoms with E-state index in [9.17, 15) is 8.42 Å². The summed E-state index contributed by atoms with van der Waals surface area (Å²) in [5.41, 5.74) is 1.75. The molecular weight excluding hydrogens is 569 g/mol. The minimum Gasteiger partial charge on any atom is -0.497 e. The molecule has 2 aromatic rings. The van der Waals surface area contributed by atoms with E-state index < -0.39 is 10.1 Å². The van der Waals surface area contributed by atoms with Gasteiger partial charge in [0.1, 0.15) is 11.5 Å². The lowest BCUT2D eigenvalue weighted by atomic mass is 9.97. The van der Waals surface area contributed by atoms with E-state index in [0.717, 1.165) is 34.8 Å². The van der Waals surface area contributed by atoms with Crippen LogP contribution < -0.4 is 23.4 Å². The van der Waals surface area contributed by atoms with Gasteiger partial charge in [0.2, 0.25) is 0 Å². The molecule has 0 saturated carbocycles. The summed E-state index contributed by atoms with van der Waals surface area (Å²) in [5.74, 6) is 1.47. The van der Waals surface area contributed by atoms with Crippen LogP contribution in [-0.2, 0) is 14.3 Å². The maximum Gasteiger partial charge on any atom is 0.264 e. The first-order valence-corrected chi connectivity index (χ1v) is 13.5. The number of rotatable bonds is 9. The number of anilines is 1. The topological polar surface area (TPSA) is 90.8 Å². The zero-order valence-electron chi connectivity index (χ0n) is 18.9. The van der Waals surface area contributed by atoms with Gasteiger partial charge in [-0.25, -0.2) is 4.98 Å². The molecule has 0 N–H and O–H groups in total. The Morgan fingerprint density at radius 2 is 1.97 bits per heavy atom. The second-order valence-corrected chi connectivity index (χ2v) is 10.1. The minimum atomic E-state index is -3.55. The van der Waals surface area contributed by atoms with Gasteiger partial charge in [0.15, 0.2) is 23.0 Å². The van der Waals surface area contributed by atoms with Gasteiger partial charge in [-0.05, 0) is 18.9 Å². The molecule has 1 heterocycles. The summed E-state index contributed by atoms with van der Waals surface area (Å²) in [5, 5.41) is 1.67. The quantitative estimate of drug-likeness (QED) is 0.323. The van der Waals surface area contributed by atoms with Crippen molar-refractivity contribution in [1.82, 2.24) is 9.97 Å². The molecule has 0 radical (unpaired) electrons. The van der Waals surface area contributed by atoms with Crippen LogP contribution in [0, 0.1) is 0 Å². The van der Waals surface area contributed by atoms with Crippen LogP contribution in [0.4, 0.5) is 5.69 Å². The number of hydrogen-bond acceptors (Lipinski definition) is 8. The third kappa shape index (κ3) is 6.16. The van der Waals surface area contributed by atoms with Crippen molar-refractivity contribution in [2.75, 3.05) is 31.4 Å². The van der Waals surface area contributed by atoms with Crippen LogP contribution in [0.3, 0.4) is 0 Å². The third-order valence-electron chi connectivity index (χ3n) is 5.66. The minimum absolute atomic E-state index is 0.0125. The Morgan fingerprint density at radius 1 is 1.15 bits per heavy atom. The molecule has 0 saturated heterocycles. The Morgan fingerprint density at radius 3 is 2.68 bits per heavy atom. The molecule has 0 amide bonds.